The van der Waals surface area contributed by atoms with Crippen LogP contribution in [0.25, 0.3) is 0 Å². The van der Waals surface area contributed by atoms with Crippen molar-refractivity contribution in [1.82, 2.24) is 0 Å². The zero-order valence-electron chi connectivity index (χ0n) is 12.1. The molecule has 0 amide bonds. The molecule has 0 bridgehead atoms. The van der Waals surface area contributed by atoms with E-state index >= 15 is 0 Å². The number of unbranched alkanes of at least 4 members (excludes halogenated alkanes) is 1. The normalized spacial score (nSPS) is 26.1. The van der Waals surface area contributed by atoms with Crippen molar-refractivity contribution in [3.05, 3.63) is 47.1 Å². The summed E-state index contributed by atoms with van der Waals surface area (Å²) >= 11 is 0. The van der Waals surface area contributed by atoms with Crippen molar-refractivity contribution < 1.29 is 0 Å². The Labute approximate surface area is 113 Å². The third-order valence-electron chi connectivity index (χ3n) is 4.26. The summed E-state index contributed by atoms with van der Waals surface area (Å²) in [6, 6.07) is 0. The summed E-state index contributed by atoms with van der Waals surface area (Å²) in [4.78, 5) is 0. The molecule has 96 valence electrons. The van der Waals surface area contributed by atoms with Gasteiger partial charge in [0.2, 0.25) is 0 Å². The van der Waals surface area contributed by atoms with Gasteiger partial charge in [-0.1, -0.05) is 86.4 Å². The summed E-state index contributed by atoms with van der Waals surface area (Å²) in [6.07, 6.45) is 17.1. The second-order valence-corrected chi connectivity index (χ2v) is 5.74. The molecule has 2 aliphatic carbocycles. The van der Waals surface area contributed by atoms with Crippen LogP contribution in [0.1, 0.15) is 33.6 Å². The number of allylic oxidation sites excluding steroid dienone is 8. The fraction of sp³-hybridized carbons (Fsp3) is 0.529. The van der Waals surface area contributed by atoms with E-state index in [-0.39, 0.29) is 0 Å². The molecule has 18 heavy (non-hydrogen) atoms. The van der Waals surface area contributed by atoms with Crippen molar-refractivity contribution in [2.75, 3.05) is 0 Å². The molecule has 0 aromatic heterocycles. The Morgan fingerprint density at radius 3 is 2.78 bits per heavy atom. The lowest BCUT2D eigenvalue weighted by Gasteiger charge is -2.17. The van der Waals surface area contributed by atoms with E-state index in [0.717, 1.165) is 0 Å². The number of rotatable bonds is 6. The minimum atomic E-state index is 0.560. The average molecular weight is 240 g/mol. The highest BCUT2D eigenvalue weighted by molar-refractivity contribution is 6.36. The van der Waals surface area contributed by atoms with Gasteiger partial charge in [-0.2, -0.15) is 0 Å². The molecule has 2 aliphatic rings. The fourth-order valence-corrected chi connectivity index (χ4v) is 3.02. The Balaban J connectivity index is 1.84. The van der Waals surface area contributed by atoms with Crippen molar-refractivity contribution in [2.24, 2.45) is 11.8 Å². The summed E-state index contributed by atoms with van der Waals surface area (Å²) in [6.45, 7) is 6.84. The highest BCUT2D eigenvalue weighted by Gasteiger charge is 2.23. The van der Waals surface area contributed by atoms with Crippen LogP contribution >= 0.6 is 0 Å². The second kappa shape index (κ2) is 6.27. The van der Waals surface area contributed by atoms with Gasteiger partial charge >= 0.3 is 0 Å². The van der Waals surface area contributed by atoms with Crippen LogP contribution in [0.5, 0.6) is 0 Å². The topological polar surface area (TPSA) is 0 Å². The molecule has 0 saturated heterocycles. The zero-order chi connectivity index (χ0) is 13.0. The molecule has 0 saturated carbocycles. The molecular weight excluding hydrogens is 215 g/mol. The minimum Gasteiger partial charge on any atom is -0.0772 e. The smallest absolute Gasteiger partial charge is 0.0772 e. The Kier molecular flexibility index (Phi) is 4.69. The van der Waals surface area contributed by atoms with E-state index in [9.17, 15) is 0 Å². The van der Waals surface area contributed by atoms with Crippen molar-refractivity contribution in [3.8, 4) is 0 Å². The van der Waals surface area contributed by atoms with Gasteiger partial charge in [-0.15, -0.1) is 0 Å². The van der Waals surface area contributed by atoms with E-state index in [4.69, 9.17) is 0 Å². The van der Waals surface area contributed by atoms with E-state index in [2.05, 4.69) is 51.2 Å². The molecule has 2 unspecified atom stereocenters. The van der Waals surface area contributed by atoms with E-state index in [0.29, 0.717) is 11.8 Å². The van der Waals surface area contributed by atoms with Crippen LogP contribution in [0.15, 0.2) is 47.1 Å². The third-order valence-corrected chi connectivity index (χ3v) is 4.26. The van der Waals surface area contributed by atoms with Gasteiger partial charge in [0.15, 0.2) is 0 Å². The van der Waals surface area contributed by atoms with Gasteiger partial charge in [0, 0.05) is 5.92 Å². The number of hydrogen-bond donors (Lipinski definition) is 0. The van der Waals surface area contributed by atoms with Gasteiger partial charge in [0.1, 0.15) is 7.28 Å². The first-order valence-corrected chi connectivity index (χ1v) is 7.49. The SMILES string of the molecule is CCCCBCC1=CC=C(C2C=CC(C)=C2)C1C. The van der Waals surface area contributed by atoms with Crippen LogP contribution in [-0.2, 0) is 0 Å². The van der Waals surface area contributed by atoms with Crippen LogP contribution in [0.4, 0.5) is 0 Å². The van der Waals surface area contributed by atoms with E-state index in [1.54, 1.807) is 11.1 Å². The predicted molar refractivity (Wildman–Crippen MR) is 83.4 cm³/mol. The lowest BCUT2D eigenvalue weighted by atomic mass is 9.65. The molecule has 0 N–H and O–H groups in total. The number of hydrogen-bond acceptors (Lipinski definition) is 0. The largest absolute Gasteiger partial charge is 0.125 e. The molecule has 0 heterocycles. The van der Waals surface area contributed by atoms with Crippen LogP contribution in [0, 0.1) is 11.8 Å². The van der Waals surface area contributed by atoms with E-state index in [1.807, 2.05) is 0 Å². The highest BCUT2D eigenvalue weighted by Crippen LogP contribution is 2.37. The molecule has 0 nitrogen and oxygen atoms in total. The molecule has 0 spiro atoms. The molecule has 0 fully saturated rings. The summed E-state index contributed by atoms with van der Waals surface area (Å²) < 4.78 is 0. The lowest BCUT2D eigenvalue weighted by Crippen LogP contribution is -2.07. The average Bonchev–Trinajstić information content (AvgIpc) is 2.92. The monoisotopic (exact) mass is 240 g/mol. The highest BCUT2D eigenvalue weighted by atomic mass is 14.3. The van der Waals surface area contributed by atoms with Gasteiger partial charge < -0.3 is 0 Å². The van der Waals surface area contributed by atoms with Crippen LogP contribution in [-0.4, -0.2) is 7.28 Å². The standard InChI is InChI=1S/C17H25B/c1-4-5-10-18-12-16-8-9-17(14(16)3)15-7-6-13(2)11-15/h6-9,11,14-15,18H,4-5,10,12H2,1-3H3. The Bertz CT molecular complexity index is 409. The van der Waals surface area contributed by atoms with Crippen LogP contribution in [0.2, 0.25) is 12.6 Å². The van der Waals surface area contributed by atoms with Gasteiger partial charge in [-0.25, -0.2) is 0 Å². The predicted octanol–water partition coefficient (Wildman–Crippen LogP) is 4.69. The Hall–Kier alpha value is -0.975. The molecule has 2 rings (SSSR count). The Morgan fingerprint density at radius 2 is 2.11 bits per heavy atom. The summed E-state index contributed by atoms with van der Waals surface area (Å²) in [7, 11) is 1.36. The minimum absolute atomic E-state index is 0.560. The van der Waals surface area contributed by atoms with Gasteiger partial charge in [0.25, 0.3) is 0 Å². The van der Waals surface area contributed by atoms with Gasteiger partial charge in [-0.3, -0.25) is 0 Å². The summed E-state index contributed by atoms with van der Waals surface area (Å²) in [5, 5.41) is 0. The van der Waals surface area contributed by atoms with Crippen molar-refractivity contribution in [3.63, 3.8) is 0 Å². The van der Waals surface area contributed by atoms with E-state index in [1.165, 1.54) is 38.3 Å². The molecule has 0 aromatic rings. The zero-order valence-corrected chi connectivity index (χ0v) is 12.1. The van der Waals surface area contributed by atoms with Crippen LogP contribution < -0.4 is 0 Å². The third kappa shape index (κ3) is 3.07. The van der Waals surface area contributed by atoms with Gasteiger partial charge in [0.05, 0.1) is 0 Å². The molecule has 1 heteroatoms. The van der Waals surface area contributed by atoms with Gasteiger partial charge in [-0.05, 0) is 12.8 Å². The van der Waals surface area contributed by atoms with Crippen molar-refractivity contribution in [1.29, 1.82) is 0 Å². The van der Waals surface area contributed by atoms with Crippen LogP contribution in [0.3, 0.4) is 0 Å². The molecule has 0 radical (unpaired) electrons. The molecular formula is C17H25B. The first kappa shape index (κ1) is 13.5. The fourth-order valence-electron chi connectivity index (χ4n) is 3.02. The maximum absolute atomic E-state index is 2.39. The second-order valence-electron chi connectivity index (χ2n) is 5.74. The van der Waals surface area contributed by atoms with E-state index < -0.39 is 0 Å². The maximum atomic E-state index is 2.39. The first-order chi connectivity index (χ1) is 8.72. The molecule has 0 aromatic carbocycles. The quantitative estimate of drug-likeness (QED) is 0.466. The maximum Gasteiger partial charge on any atom is 0.125 e. The molecule has 0 aliphatic heterocycles. The summed E-state index contributed by atoms with van der Waals surface area (Å²) in [5.74, 6) is 1.22. The Morgan fingerprint density at radius 1 is 1.28 bits per heavy atom. The lowest BCUT2D eigenvalue weighted by molar-refractivity contribution is 0.740. The summed E-state index contributed by atoms with van der Waals surface area (Å²) in [5.41, 5.74) is 4.64. The first-order valence-electron chi connectivity index (χ1n) is 7.49. The molecule has 2 atom stereocenters. The van der Waals surface area contributed by atoms with Crippen molar-refractivity contribution in [2.45, 2.75) is 46.3 Å². The van der Waals surface area contributed by atoms with Crippen molar-refractivity contribution >= 4 is 7.28 Å².